The molecule has 118 valence electrons. The topological polar surface area (TPSA) is 67.9 Å². The smallest absolute Gasteiger partial charge is 0.243 e. The Morgan fingerprint density at radius 2 is 1.86 bits per heavy atom. The number of rotatable bonds is 5. The van der Waals surface area contributed by atoms with Crippen molar-refractivity contribution < 1.29 is 17.9 Å². The minimum atomic E-state index is -3.55. The van der Waals surface area contributed by atoms with Gasteiger partial charge >= 0.3 is 0 Å². The predicted octanol–water partition coefficient (Wildman–Crippen LogP) is 0.995. The van der Waals surface area contributed by atoms with Crippen LogP contribution in [0.4, 0.5) is 0 Å². The molecular weight excluding hydrogens is 292 g/mol. The average Bonchev–Trinajstić information content (AvgIpc) is 2.99. The molecule has 21 heavy (non-hydrogen) atoms. The van der Waals surface area contributed by atoms with Gasteiger partial charge in [-0.1, -0.05) is 0 Å². The Bertz CT molecular complexity index is 610. The lowest BCUT2D eigenvalue weighted by Gasteiger charge is -2.24. The Morgan fingerprint density at radius 3 is 2.38 bits per heavy atom. The van der Waals surface area contributed by atoms with Crippen molar-refractivity contribution in [2.75, 3.05) is 34.4 Å². The lowest BCUT2D eigenvalue weighted by molar-refractivity contribution is 0.352. The van der Waals surface area contributed by atoms with Gasteiger partial charge in [-0.05, 0) is 31.5 Å². The molecule has 1 N–H and O–H groups in total. The first-order valence-corrected chi connectivity index (χ1v) is 8.27. The van der Waals surface area contributed by atoms with Crippen LogP contribution >= 0.6 is 0 Å². The third kappa shape index (κ3) is 3.00. The maximum atomic E-state index is 12.8. The van der Waals surface area contributed by atoms with Crippen LogP contribution in [0.25, 0.3) is 0 Å². The minimum absolute atomic E-state index is 0.0116. The normalized spacial score (nSPS) is 19.0. The van der Waals surface area contributed by atoms with E-state index in [1.54, 1.807) is 20.0 Å². The van der Waals surface area contributed by atoms with Gasteiger partial charge in [-0.3, -0.25) is 0 Å². The molecule has 1 fully saturated rings. The van der Waals surface area contributed by atoms with Crippen LogP contribution in [0, 0.1) is 6.92 Å². The Kier molecular flexibility index (Phi) is 4.75. The fourth-order valence-electron chi connectivity index (χ4n) is 2.54. The van der Waals surface area contributed by atoms with E-state index in [0.29, 0.717) is 23.6 Å². The van der Waals surface area contributed by atoms with Gasteiger partial charge in [-0.2, -0.15) is 4.31 Å². The monoisotopic (exact) mass is 314 g/mol. The van der Waals surface area contributed by atoms with Gasteiger partial charge in [0.05, 0.1) is 19.1 Å². The maximum Gasteiger partial charge on any atom is 0.243 e. The van der Waals surface area contributed by atoms with Crippen LogP contribution < -0.4 is 14.8 Å². The van der Waals surface area contributed by atoms with E-state index in [-0.39, 0.29) is 10.9 Å². The summed E-state index contributed by atoms with van der Waals surface area (Å²) in [7, 11) is 1.10. The van der Waals surface area contributed by atoms with E-state index < -0.39 is 10.0 Å². The van der Waals surface area contributed by atoms with Crippen molar-refractivity contribution in [2.24, 2.45) is 0 Å². The van der Waals surface area contributed by atoms with E-state index >= 15 is 0 Å². The summed E-state index contributed by atoms with van der Waals surface area (Å²) < 4.78 is 37.5. The number of benzene rings is 1. The quantitative estimate of drug-likeness (QED) is 0.878. The van der Waals surface area contributed by atoms with Crippen LogP contribution in [-0.2, 0) is 10.0 Å². The molecule has 0 radical (unpaired) electrons. The first-order valence-electron chi connectivity index (χ1n) is 6.83. The van der Waals surface area contributed by atoms with Crippen molar-refractivity contribution >= 4 is 10.0 Å². The number of nitrogens with one attached hydrogen (secondary N) is 1. The number of hydrogen-bond acceptors (Lipinski definition) is 5. The second kappa shape index (κ2) is 6.21. The number of nitrogens with zero attached hydrogens (tertiary/aromatic N) is 1. The zero-order chi connectivity index (χ0) is 15.6. The van der Waals surface area contributed by atoms with E-state index in [9.17, 15) is 8.42 Å². The summed E-state index contributed by atoms with van der Waals surface area (Å²) in [5.74, 6) is 0.943. The molecule has 1 aromatic rings. The fraction of sp³-hybridized carbons (Fsp3) is 0.571. The van der Waals surface area contributed by atoms with E-state index in [1.165, 1.54) is 24.6 Å². The van der Waals surface area contributed by atoms with E-state index in [0.717, 1.165) is 13.0 Å². The van der Waals surface area contributed by atoms with Crippen molar-refractivity contribution in [3.05, 3.63) is 17.7 Å². The van der Waals surface area contributed by atoms with Crippen molar-refractivity contribution in [1.29, 1.82) is 0 Å². The summed E-state index contributed by atoms with van der Waals surface area (Å²) in [6.45, 7) is 3.28. The number of sulfonamides is 1. The van der Waals surface area contributed by atoms with Gasteiger partial charge in [-0.25, -0.2) is 8.42 Å². The Morgan fingerprint density at radius 1 is 1.24 bits per heavy atom. The summed E-state index contributed by atoms with van der Waals surface area (Å²) in [6, 6.07) is 3.21. The van der Waals surface area contributed by atoms with Crippen LogP contribution in [0.2, 0.25) is 0 Å². The predicted molar refractivity (Wildman–Crippen MR) is 80.5 cm³/mol. The highest BCUT2D eigenvalue weighted by Crippen LogP contribution is 2.34. The molecule has 1 saturated heterocycles. The second-order valence-corrected chi connectivity index (χ2v) is 7.11. The van der Waals surface area contributed by atoms with Crippen molar-refractivity contribution in [3.8, 4) is 11.5 Å². The largest absolute Gasteiger partial charge is 0.493 e. The van der Waals surface area contributed by atoms with E-state index in [4.69, 9.17) is 9.47 Å². The molecule has 1 heterocycles. The summed E-state index contributed by atoms with van der Waals surface area (Å²) >= 11 is 0. The standard InChI is InChI=1S/C14H22N2O4S/c1-10-7-12(19-3)13(20-4)8-14(10)21(17,18)16(2)11-5-6-15-9-11/h7-8,11,15H,5-6,9H2,1-4H3. The number of likely N-dealkylation sites (N-methyl/N-ethyl adjacent to an activating group) is 1. The molecule has 0 aromatic heterocycles. The maximum absolute atomic E-state index is 12.8. The van der Waals surface area contributed by atoms with Gasteiger partial charge < -0.3 is 14.8 Å². The number of methoxy groups -OCH3 is 2. The van der Waals surface area contributed by atoms with Gasteiger partial charge in [-0.15, -0.1) is 0 Å². The average molecular weight is 314 g/mol. The highest BCUT2D eigenvalue weighted by atomic mass is 32.2. The van der Waals surface area contributed by atoms with Crippen LogP contribution in [0.5, 0.6) is 11.5 Å². The summed E-state index contributed by atoms with van der Waals surface area (Å²) in [5, 5.41) is 3.18. The third-order valence-corrected chi connectivity index (χ3v) is 5.94. The molecule has 1 unspecified atom stereocenters. The van der Waals surface area contributed by atoms with Gasteiger partial charge in [0, 0.05) is 25.7 Å². The lowest BCUT2D eigenvalue weighted by atomic mass is 10.2. The Hall–Kier alpha value is -1.31. The summed E-state index contributed by atoms with van der Waals surface area (Å²) in [4.78, 5) is 0.259. The molecule has 0 saturated carbocycles. The molecule has 1 aliphatic rings. The molecule has 0 amide bonds. The Labute approximate surface area is 126 Å². The Balaban J connectivity index is 2.44. The first kappa shape index (κ1) is 16.1. The molecule has 1 aliphatic heterocycles. The SMILES string of the molecule is COc1cc(C)c(S(=O)(=O)N(C)C2CCNC2)cc1OC. The highest BCUT2D eigenvalue weighted by molar-refractivity contribution is 7.89. The molecule has 7 heteroatoms. The molecule has 1 atom stereocenters. The zero-order valence-electron chi connectivity index (χ0n) is 12.8. The van der Waals surface area contributed by atoms with E-state index in [1.807, 2.05) is 0 Å². The number of ether oxygens (including phenoxy) is 2. The molecule has 0 bridgehead atoms. The van der Waals surface area contributed by atoms with Crippen LogP contribution in [0.15, 0.2) is 17.0 Å². The van der Waals surface area contributed by atoms with Gasteiger partial charge in [0.25, 0.3) is 0 Å². The highest BCUT2D eigenvalue weighted by Gasteiger charge is 2.31. The number of hydrogen-bond donors (Lipinski definition) is 1. The molecule has 2 rings (SSSR count). The second-order valence-electron chi connectivity index (χ2n) is 5.14. The summed E-state index contributed by atoms with van der Waals surface area (Å²) in [5.41, 5.74) is 0.644. The van der Waals surface area contributed by atoms with Gasteiger partial charge in [0.1, 0.15) is 0 Å². The molecule has 0 aliphatic carbocycles. The zero-order valence-corrected chi connectivity index (χ0v) is 13.7. The third-order valence-electron chi connectivity index (χ3n) is 3.89. The summed E-state index contributed by atoms with van der Waals surface area (Å²) in [6.07, 6.45) is 0.821. The van der Waals surface area contributed by atoms with Crippen molar-refractivity contribution in [3.63, 3.8) is 0 Å². The fourth-order valence-corrected chi connectivity index (χ4v) is 4.15. The number of aryl methyl sites for hydroxylation is 1. The molecule has 6 nitrogen and oxygen atoms in total. The van der Waals surface area contributed by atoms with Gasteiger partial charge in [0.2, 0.25) is 10.0 Å². The van der Waals surface area contributed by atoms with Gasteiger partial charge in [0.15, 0.2) is 11.5 Å². The molecule has 1 aromatic carbocycles. The molecular formula is C14H22N2O4S. The van der Waals surface area contributed by atoms with E-state index in [2.05, 4.69) is 5.32 Å². The van der Waals surface area contributed by atoms with Crippen LogP contribution in [0.1, 0.15) is 12.0 Å². The molecule has 0 spiro atoms. The lowest BCUT2D eigenvalue weighted by Crippen LogP contribution is -2.38. The van der Waals surface area contributed by atoms with Crippen molar-refractivity contribution in [2.45, 2.75) is 24.3 Å². The minimum Gasteiger partial charge on any atom is -0.493 e. The first-order chi connectivity index (χ1) is 9.91. The van der Waals surface area contributed by atoms with Crippen molar-refractivity contribution in [1.82, 2.24) is 9.62 Å². The van der Waals surface area contributed by atoms with Crippen LogP contribution in [-0.4, -0.2) is 53.1 Å². The van der Waals surface area contributed by atoms with Crippen LogP contribution in [0.3, 0.4) is 0 Å².